The fourth-order valence-electron chi connectivity index (χ4n) is 1.39. The number of carbonyl (C=O) groups is 1. The summed E-state index contributed by atoms with van der Waals surface area (Å²) >= 11 is 1.20. The van der Waals surface area contributed by atoms with E-state index in [0.717, 1.165) is 11.3 Å². The fourth-order valence-corrected chi connectivity index (χ4v) is 2.39. The van der Waals surface area contributed by atoms with Crippen molar-refractivity contribution in [2.75, 3.05) is 0 Å². The van der Waals surface area contributed by atoms with Crippen LogP contribution in [0.25, 0.3) is 0 Å². The third-order valence-corrected chi connectivity index (χ3v) is 3.50. The number of hydrogen-bond donors (Lipinski definition) is 2. The Morgan fingerprint density at radius 2 is 2.00 bits per heavy atom. The number of aliphatic carboxylic acids is 1. The lowest BCUT2D eigenvalue weighted by Crippen LogP contribution is -2.30. The van der Waals surface area contributed by atoms with Crippen molar-refractivity contribution in [3.8, 4) is 0 Å². The van der Waals surface area contributed by atoms with E-state index in [1.165, 1.54) is 11.8 Å². The zero-order valence-corrected chi connectivity index (χ0v) is 9.98. The van der Waals surface area contributed by atoms with Gasteiger partial charge in [-0.25, -0.2) is 0 Å². The summed E-state index contributed by atoms with van der Waals surface area (Å²) in [5.41, 5.74) is 0. The summed E-state index contributed by atoms with van der Waals surface area (Å²) < 4.78 is 0. The van der Waals surface area contributed by atoms with E-state index in [9.17, 15) is 9.90 Å². The van der Waals surface area contributed by atoms with Gasteiger partial charge in [0.25, 0.3) is 0 Å². The maximum absolute atomic E-state index is 11.0. The standard InChI is InChI=1S/C12H16O3S/c1-2-6-10(13)11(12(14)15)16-9-7-4-3-5-8-9/h3-5,7-8,10-11,13H,2,6H2,1H3,(H,14,15)/t10-,11-/m0/s1. The molecule has 88 valence electrons. The molecule has 0 amide bonds. The Kier molecular flexibility index (Phi) is 5.35. The van der Waals surface area contributed by atoms with E-state index >= 15 is 0 Å². The molecule has 0 aliphatic carbocycles. The average Bonchev–Trinajstić information content (AvgIpc) is 2.27. The first-order valence-electron chi connectivity index (χ1n) is 5.27. The highest BCUT2D eigenvalue weighted by Crippen LogP contribution is 2.26. The fraction of sp³-hybridized carbons (Fsp3) is 0.417. The smallest absolute Gasteiger partial charge is 0.319 e. The summed E-state index contributed by atoms with van der Waals surface area (Å²) in [6.07, 6.45) is 0.490. The number of hydrogen-bond acceptors (Lipinski definition) is 3. The lowest BCUT2D eigenvalue weighted by atomic mass is 10.1. The van der Waals surface area contributed by atoms with Gasteiger partial charge in [0.2, 0.25) is 0 Å². The molecule has 0 unspecified atom stereocenters. The van der Waals surface area contributed by atoms with E-state index in [1.807, 2.05) is 37.3 Å². The van der Waals surface area contributed by atoms with Gasteiger partial charge in [-0.2, -0.15) is 0 Å². The van der Waals surface area contributed by atoms with Gasteiger partial charge in [0, 0.05) is 4.90 Å². The Hall–Kier alpha value is -1.00. The Labute approximate surface area is 99.5 Å². The lowest BCUT2D eigenvalue weighted by Gasteiger charge is -2.17. The number of benzene rings is 1. The van der Waals surface area contributed by atoms with Crippen LogP contribution in [0.15, 0.2) is 35.2 Å². The topological polar surface area (TPSA) is 57.5 Å². The second-order valence-corrected chi connectivity index (χ2v) is 4.76. The summed E-state index contributed by atoms with van der Waals surface area (Å²) in [4.78, 5) is 11.9. The van der Waals surface area contributed by atoms with Crippen molar-refractivity contribution in [2.45, 2.75) is 36.0 Å². The highest BCUT2D eigenvalue weighted by molar-refractivity contribution is 8.00. The quantitative estimate of drug-likeness (QED) is 0.750. The third-order valence-electron chi connectivity index (χ3n) is 2.18. The first kappa shape index (κ1) is 13.1. The Bertz CT molecular complexity index is 326. The predicted molar refractivity (Wildman–Crippen MR) is 64.6 cm³/mol. The SMILES string of the molecule is CCC[C@H](O)[C@H](Sc1ccccc1)C(=O)O. The molecule has 0 saturated heterocycles. The molecular weight excluding hydrogens is 224 g/mol. The number of thioether (sulfide) groups is 1. The van der Waals surface area contributed by atoms with Crippen LogP contribution in [0.4, 0.5) is 0 Å². The van der Waals surface area contributed by atoms with Crippen LogP contribution in [0.1, 0.15) is 19.8 Å². The zero-order chi connectivity index (χ0) is 12.0. The van der Waals surface area contributed by atoms with E-state index in [4.69, 9.17) is 5.11 Å². The molecule has 2 N–H and O–H groups in total. The molecule has 0 radical (unpaired) electrons. The molecule has 0 saturated carbocycles. The first-order valence-corrected chi connectivity index (χ1v) is 6.15. The summed E-state index contributed by atoms with van der Waals surface area (Å²) in [6, 6.07) is 9.28. The monoisotopic (exact) mass is 240 g/mol. The van der Waals surface area contributed by atoms with Crippen molar-refractivity contribution in [3.05, 3.63) is 30.3 Å². The van der Waals surface area contributed by atoms with E-state index in [1.54, 1.807) is 0 Å². The lowest BCUT2D eigenvalue weighted by molar-refractivity contribution is -0.138. The number of aliphatic hydroxyl groups excluding tert-OH is 1. The summed E-state index contributed by atoms with van der Waals surface area (Å²) in [5, 5.41) is 18.0. The molecule has 3 nitrogen and oxygen atoms in total. The molecule has 0 aliphatic heterocycles. The van der Waals surface area contributed by atoms with Crippen LogP contribution in [0.5, 0.6) is 0 Å². The first-order chi connectivity index (χ1) is 7.65. The van der Waals surface area contributed by atoms with Gasteiger partial charge in [0.15, 0.2) is 0 Å². The highest BCUT2D eigenvalue weighted by atomic mass is 32.2. The number of aliphatic hydroxyl groups is 1. The molecule has 0 heterocycles. The van der Waals surface area contributed by atoms with Crippen LogP contribution in [0.2, 0.25) is 0 Å². The minimum Gasteiger partial charge on any atom is -0.480 e. The van der Waals surface area contributed by atoms with E-state index in [-0.39, 0.29) is 0 Å². The second-order valence-electron chi connectivity index (χ2n) is 3.55. The second kappa shape index (κ2) is 6.55. The maximum atomic E-state index is 11.0. The van der Waals surface area contributed by atoms with Gasteiger partial charge in [0.1, 0.15) is 5.25 Å². The summed E-state index contributed by atoms with van der Waals surface area (Å²) in [6.45, 7) is 1.93. The molecule has 0 fully saturated rings. The summed E-state index contributed by atoms with van der Waals surface area (Å²) in [7, 11) is 0. The number of carboxylic acid groups (broad SMARTS) is 1. The predicted octanol–water partition coefficient (Wildman–Crippen LogP) is 2.39. The van der Waals surface area contributed by atoms with Crippen LogP contribution >= 0.6 is 11.8 Å². The number of carboxylic acids is 1. The van der Waals surface area contributed by atoms with Gasteiger partial charge in [-0.15, -0.1) is 11.8 Å². The zero-order valence-electron chi connectivity index (χ0n) is 9.17. The van der Waals surface area contributed by atoms with Crippen molar-refractivity contribution in [1.29, 1.82) is 0 Å². The molecule has 0 aliphatic rings. The molecule has 0 aromatic heterocycles. The van der Waals surface area contributed by atoms with Gasteiger partial charge in [-0.05, 0) is 18.6 Å². The molecule has 0 spiro atoms. The molecule has 1 aromatic carbocycles. The van der Waals surface area contributed by atoms with Crippen LogP contribution in [0, 0.1) is 0 Å². The number of rotatable bonds is 6. The van der Waals surface area contributed by atoms with Crippen LogP contribution in [-0.4, -0.2) is 27.5 Å². The Morgan fingerprint density at radius 1 is 1.38 bits per heavy atom. The van der Waals surface area contributed by atoms with Crippen molar-refractivity contribution in [1.82, 2.24) is 0 Å². The minimum absolute atomic E-state index is 0.511. The van der Waals surface area contributed by atoms with Gasteiger partial charge >= 0.3 is 5.97 Å². The molecule has 0 bridgehead atoms. The molecule has 1 aromatic rings. The van der Waals surface area contributed by atoms with Crippen molar-refractivity contribution in [2.24, 2.45) is 0 Å². The van der Waals surface area contributed by atoms with Crippen molar-refractivity contribution in [3.63, 3.8) is 0 Å². The van der Waals surface area contributed by atoms with E-state index in [0.29, 0.717) is 6.42 Å². The van der Waals surface area contributed by atoms with Crippen LogP contribution in [-0.2, 0) is 4.79 Å². The van der Waals surface area contributed by atoms with Gasteiger partial charge in [-0.1, -0.05) is 31.5 Å². The molecule has 16 heavy (non-hydrogen) atoms. The Balaban J connectivity index is 2.69. The third kappa shape index (κ3) is 3.87. The van der Waals surface area contributed by atoms with Crippen LogP contribution < -0.4 is 0 Å². The maximum Gasteiger partial charge on any atom is 0.319 e. The molecule has 4 heteroatoms. The average molecular weight is 240 g/mol. The van der Waals surface area contributed by atoms with Gasteiger partial charge in [0.05, 0.1) is 6.10 Å². The summed E-state index contributed by atoms with van der Waals surface area (Å²) in [5.74, 6) is -0.963. The van der Waals surface area contributed by atoms with Crippen molar-refractivity contribution < 1.29 is 15.0 Å². The van der Waals surface area contributed by atoms with Crippen LogP contribution in [0.3, 0.4) is 0 Å². The molecular formula is C12H16O3S. The normalized spacial score (nSPS) is 14.4. The van der Waals surface area contributed by atoms with Gasteiger partial charge in [-0.3, -0.25) is 4.79 Å². The Morgan fingerprint density at radius 3 is 2.50 bits per heavy atom. The van der Waals surface area contributed by atoms with Gasteiger partial charge < -0.3 is 10.2 Å². The van der Waals surface area contributed by atoms with E-state index in [2.05, 4.69) is 0 Å². The molecule has 2 atom stereocenters. The van der Waals surface area contributed by atoms with Crippen molar-refractivity contribution >= 4 is 17.7 Å². The minimum atomic E-state index is -0.963. The molecule has 1 rings (SSSR count). The highest BCUT2D eigenvalue weighted by Gasteiger charge is 2.26. The largest absolute Gasteiger partial charge is 0.480 e. The van der Waals surface area contributed by atoms with E-state index < -0.39 is 17.3 Å².